The van der Waals surface area contributed by atoms with Crippen LogP contribution in [0.25, 0.3) is 22.1 Å². The van der Waals surface area contributed by atoms with E-state index in [1.54, 1.807) is 6.07 Å². The Balaban J connectivity index is 0.000000298. The highest BCUT2D eigenvalue weighted by Crippen LogP contribution is 2.36. The van der Waals surface area contributed by atoms with E-state index in [1.807, 2.05) is 12.1 Å². The second kappa shape index (κ2) is 7.91. The van der Waals surface area contributed by atoms with Gasteiger partial charge in [0.15, 0.2) is 11.4 Å². The van der Waals surface area contributed by atoms with E-state index in [0.717, 1.165) is 36.3 Å². The van der Waals surface area contributed by atoms with Crippen molar-refractivity contribution < 1.29 is 27.5 Å². The molecule has 1 aliphatic rings. The monoisotopic (exact) mass is 431 g/mol. The molecular weight excluding hydrogens is 415 g/mol. The smallest absolute Gasteiger partial charge is 0.475 e. The third-order valence-corrected chi connectivity index (χ3v) is 4.67. The number of rotatable bonds is 2. The molecule has 12 heteroatoms. The molecular formula is C17H17ClF3N5O3. The van der Waals surface area contributed by atoms with E-state index in [1.165, 1.54) is 0 Å². The zero-order valence-electron chi connectivity index (χ0n) is 14.9. The Kier molecular flexibility index (Phi) is 5.71. The molecule has 0 radical (unpaired) electrons. The minimum Gasteiger partial charge on any atom is -0.475 e. The van der Waals surface area contributed by atoms with Gasteiger partial charge < -0.3 is 25.9 Å². The largest absolute Gasteiger partial charge is 0.490 e. The second-order valence-electron chi connectivity index (χ2n) is 6.47. The van der Waals surface area contributed by atoms with E-state index in [0.29, 0.717) is 28.6 Å². The topological polar surface area (TPSA) is 132 Å². The highest BCUT2D eigenvalue weighted by Gasteiger charge is 2.38. The molecule has 1 aliphatic heterocycles. The van der Waals surface area contributed by atoms with Crippen LogP contribution in [0.3, 0.4) is 0 Å². The van der Waals surface area contributed by atoms with Crippen molar-refractivity contribution in [2.75, 3.05) is 30.3 Å². The molecule has 0 bridgehead atoms. The molecule has 0 amide bonds. The zero-order valence-corrected chi connectivity index (χ0v) is 15.7. The summed E-state index contributed by atoms with van der Waals surface area (Å²) in [5.41, 5.74) is 13.8. The van der Waals surface area contributed by atoms with Crippen LogP contribution in [0.15, 0.2) is 22.6 Å². The fourth-order valence-corrected chi connectivity index (χ4v) is 3.22. The van der Waals surface area contributed by atoms with Crippen molar-refractivity contribution in [3.05, 3.63) is 23.2 Å². The van der Waals surface area contributed by atoms with E-state index in [9.17, 15) is 13.2 Å². The molecule has 0 aliphatic carbocycles. The summed E-state index contributed by atoms with van der Waals surface area (Å²) in [5, 5.41) is 8.62. The lowest BCUT2D eigenvalue weighted by Gasteiger charge is -2.17. The van der Waals surface area contributed by atoms with Gasteiger partial charge in [-0.25, -0.2) is 9.78 Å². The molecule has 8 nitrogen and oxygen atoms in total. The standard InChI is InChI=1S/C15H16ClN5O.C2HF3O2/c16-9-1-2-11-10(5-9)12-13(22-11)14(20-15(18)19-12)21-4-3-8(6-17)7-21;3-2(4,5)1(6)7/h1-2,5,8H,3-4,6-7,17H2,(H2,18,19,20);(H,6,7)/t8-;/m0./s1. The summed E-state index contributed by atoms with van der Waals surface area (Å²) < 4.78 is 37.7. The van der Waals surface area contributed by atoms with Crippen molar-refractivity contribution in [3.63, 3.8) is 0 Å². The van der Waals surface area contributed by atoms with Crippen LogP contribution in [0.4, 0.5) is 24.9 Å². The molecule has 1 fully saturated rings. The van der Waals surface area contributed by atoms with Crippen molar-refractivity contribution >= 4 is 51.4 Å². The number of aromatic nitrogens is 2. The summed E-state index contributed by atoms with van der Waals surface area (Å²) in [5.74, 6) is -1.30. The molecule has 3 aromatic rings. The van der Waals surface area contributed by atoms with Crippen molar-refractivity contribution in [2.45, 2.75) is 12.6 Å². The number of carbonyl (C=O) groups is 1. The van der Waals surface area contributed by atoms with Crippen LogP contribution in [0, 0.1) is 5.92 Å². The number of hydrogen-bond donors (Lipinski definition) is 3. The molecule has 29 heavy (non-hydrogen) atoms. The van der Waals surface area contributed by atoms with Crippen molar-refractivity contribution in [1.82, 2.24) is 9.97 Å². The number of nitrogens with zero attached hydrogens (tertiary/aromatic N) is 3. The van der Waals surface area contributed by atoms with E-state index >= 15 is 0 Å². The first-order chi connectivity index (χ1) is 13.6. The summed E-state index contributed by atoms with van der Waals surface area (Å²) in [6.45, 7) is 2.43. The summed E-state index contributed by atoms with van der Waals surface area (Å²) >= 11 is 6.08. The molecule has 2 aromatic heterocycles. The molecule has 3 heterocycles. The number of anilines is 2. The minimum absolute atomic E-state index is 0.237. The van der Waals surface area contributed by atoms with Gasteiger partial charge in [-0.1, -0.05) is 11.6 Å². The third kappa shape index (κ3) is 4.46. The highest BCUT2D eigenvalue weighted by atomic mass is 35.5. The predicted molar refractivity (Wildman–Crippen MR) is 102 cm³/mol. The maximum Gasteiger partial charge on any atom is 0.490 e. The molecule has 1 saturated heterocycles. The van der Waals surface area contributed by atoms with E-state index < -0.39 is 12.1 Å². The number of fused-ring (bicyclic) bond motifs is 3. The molecule has 1 aromatic carbocycles. The number of nitrogens with two attached hydrogens (primary N) is 2. The van der Waals surface area contributed by atoms with Crippen LogP contribution < -0.4 is 16.4 Å². The van der Waals surface area contributed by atoms with Crippen LogP contribution in [-0.4, -0.2) is 46.9 Å². The fraction of sp³-hybridized carbons (Fsp3) is 0.353. The summed E-state index contributed by atoms with van der Waals surface area (Å²) in [4.78, 5) is 19.8. The Morgan fingerprint density at radius 3 is 2.66 bits per heavy atom. The summed E-state index contributed by atoms with van der Waals surface area (Å²) in [7, 11) is 0. The number of nitrogen functional groups attached to an aromatic ring is 1. The van der Waals surface area contributed by atoms with Gasteiger partial charge in [0.2, 0.25) is 5.95 Å². The third-order valence-electron chi connectivity index (χ3n) is 4.43. The number of aliphatic carboxylic acids is 1. The molecule has 0 saturated carbocycles. The zero-order chi connectivity index (χ0) is 21.3. The molecule has 0 unspecified atom stereocenters. The Morgan fingerprint density at radius 1 is 1.38 bits per heavy atom. The van der Waals surface area contributed by atoms with Gasteiger partial charge in [-0.15, -0.1) is 0 Å². The number of furan rings is 1. The lowest BCUT2D eigenvalue weighted by molar-refractivity contribution is -0.192. The number of benzene rings is 1. The lowest BCUT2D eigenvalue weighted by Crippen LogP contribution is -2.24. The summed E-state index contributed by atoms with van der Waals surface area (Å²) in [6, 6.07) is 5.47. The average Bonchev–Trinajstić information content (AvgIpc) is 3.25. The number of carboxylic acids is 1. The van der Waals surface area contributed by atoms with Gasteiger partial charge in [0.05, 0.1) is 0 Å². The maximum absolute atomic E-state index is 10.6. The van der Waals surface area contributed by atoms with E-state index in [-0.39, 0.29) is 5.95 Å². The van der Waals surface area contributed by atoms with Gasteiger partial charge in [-0.3, -0.25) is 0 Å². The Bertz CT molecular complexity index is 1060. The second-order valence-corrected chi connectivity index (χ2v) is 6.90. The van der Waals surface area contributed by atoms with Crippen LogP contribution in [-0.2, 0) is 4.79 Å². The fourth-order valence-electron chi connectivity index (χ4n) is 3.05. The molecule has 4 rings (SSSR count). The number of halogens is 4. The first-order valence-corrected chi connectivity index (χ1v) is 8.88. The number of alkyl halides is 3. The normalized spacial score (nSPS) is 16.9. The molecule has 5 N–H and O–H groups in total. The summed E-state index contributed by atoms with van der Waals surface area (Å²) in [6.07, 6.45) is -4.03. The molecule has 156 valence electrons. The van der Waals surface area contributed by atoms with Gasteiger partial charge in [0, 0.05) is 23.5 Å². The van der Waals surface area contributed by atoms with Crippen LogP contribution in [0.1, 0.15) is 6.42 Å². The SMILES string of the molecule is NC[C@@H]1CCN(c2nc(N)nc3c2oc2ccc(Cl)cc23)C1.O=C(O)C(F)(F)F. The average molecular weight is 432 g/mol. The lowest BCUT2D eigenvalue weighted by atomic mass is 10.1. The van der Waals surface area contributed by atoms with Gasteiger partial charge in [-0.2, -0.15) is 18.2 Å². The van der Waals surface area contributed by atoms with E-state index in [2.05, 4.69) is 14.9 Å². The molecule has 0 spiro atoms. The van der Waals surface area contributed by atoms with E-state index in [4.69, 9.17) is 37.4 Å². The quantitative estimate of drug-likeness (QED) is 0.564. The number of carboxylic acid groups (broad SMARTS) is 1. The highest BCUT2D eigenvalue weighted by molar-refractivity contribution is 6.31. The van der Waals surface area contributed by atoms with Gasteiger partial charge >= 0.3 is 12.1 Å². The number of hydrogen-bond acceptors (Lipinski definition) is 7. The van der Waals surface area contributed by atoms with Gasteiger partial charge in [-0.05, 0) is 37.1 Å². The maximum atomic E-state index is 10.6. The van der Waals surface area contributed by atoms with Crippen molar-refractivity contribution in [2.24, 2.45) is 11.7 Å². The van der Waals surface area contributed by atoms with Crippen molar-refractivity contribution in [1.29, 1.82) is 0 Å². The minimum atomic E-state index is -5.08. The van der Waals surface area contributed by atoms with Crippen LogP contribution in [0.5, 0.6) is 0 Å². The Hall–Kier alpha value is -2.79. The first kappa shape index (κ1) is 20.9. The van der Waals surface area contributed by atoms with Crippen LogP contribution in [0.2, 0.25) is 5.02 Å². The van der Waals surface area contributed by atoms with Crippen molar-refractivity contribution in [3.8, 4) is 0 Å². The van der Waals surface area contributed by atoms with Gasteiger partial charge in [0.25, 0.3) is 0 Å². The van der Waals surface area contributed by atoms with Gasteiger partial charge in [0.1, 0.15) is 11.1 Å². The Morgan fingerprint density at radius 2 is 2.07 bits per heavy atom. The first-order valence-electron chi connectivity index (χ1n) is 8.50. The predicted octanol–water partition coefficient (Wildman–Crippen LogP) is 3.03. The Labute approximate surface area is 167 Å². The van der Waals surface area contributed by atoms with Crippen LogP contribution >= 0.6 is 11.6 Å². The molecule has 1 atom stereocenters.